The van der Waals surface area contributed by atoms with E-state index in [2.05, 4.69) is 11.7 Å². The van der Waals surface area contributed by atoms with E-state index in [4.69, 9.17) is 0 Å². The average Bonchev–Trinajstić information content (AvgIpc) is 2.73. The summed E-state index contributed by atoms with van der Waals surface area (Å²) in [5, 5.41) is 0. The third-order valence-corrected chi connectivity index (χ3v) is 8.42. The Balaban J connectivity index is 1.44. The zero-order valence-corrected chi connectivity index (χ0v) is 18.6. The molecule has 5 heteroatoms. The smallest absolute Gasteiger partial charge is 0.283 e. The van der Waals surface area contributed by atoms with Crippen molar-refractivity contribution in [2.24, 2.45) is 29.6 Å². The van der Waals surface area contributed by atoms with Crippen LogP contribution in [0.4, 0.5) is 17.6 Å². The minimum atomic E-state index is -4.71. The van der Waals surface area contributed by atoms with Crippen molar-refractivity contribution in [1.29, 1.82) is 0 Å². The fourth-order valence-electron chi connectivity index (χ4n) is 6.93. The Kier molecular flexibility index (Phi) is 7.30. The average molecular weight is 441 g/mol. The Labute approximate surface area is 183 Å². The molecule has 0 heterocycles. The molecule has 0 N–H and O–H groups in total. The van der Waals surface area contributed by atoms with Crippen molar-refractivity contribution in [1.82, 2.24) is 0 Å². The van der Waals surface area contributed by atoms with E-state index >= 15 is 0 Å². The van der Waals surface area contributed by atoms with E-state index in [0.29, 0.717) is 29.9 Å². The number of halogens is 4. The van der Waals surface area contributed by atoms with Crippen LogP contribution in [0.15, 0.2) is 18.2 Å². The van der Waals surface area contributed by atoms with Gasteiger partial charge in [0.2, 0.25) is 0 Å². The van der Waals surface area contributed by atoms with Crippen LogP contribution in [0, 0.1) is 35.4 Å². The van der Waals surface area contributed by atoms with Crippen LogP contribution in [0.1, 0.15) is 94.8 Å². The van der Waals surface area contributed by atoms with Gasteiger partial charge in [-0.05, 0) is 91.7 Å². The first kappa shape index (κ1) is 23.1. The molecule has 0 radical (unpaired) electrons. The molecule has 3 aliphatic rings. The summed E-state index contributed by atoms with van der Waals surface area (Å²) in [6.07, 6.45) is 7.48. The van der Waals surface area contributed by atoms with Gasteiger partial charge in [0, 0.05) is 0 Å². The molecule has 6 unspecified atom stereocenters. The first-order chi connectivity index (χ1) is 14.9. The molecular weight excluding hydrogens is 404 g/mol. The highest BCUT2D eigenvalue weighted by Gasteiger charge is 2.46. The molecule has 2 saturated carbocycles. The fraction of sp³-hybridized carbons (Fsp3) is 0.769. The Morgan fingerprint density at radius 2 is 1.68 bits per heavy atom. The van der Waals surface area contributed by atoms with E-state index in [1.165, 1.54) is 57.1 Å². The molecule has 0 aromatic heterocycles. The highest BCUT2D eigenvalue weighted by Crippen LogP contribution is 2.52. The third kappa shape index (κ3) is 5.46. The Hall–Kier alpha value is -1.10. The number of rotatable bonds is 6. The van der Waals surface area contributed by atoms with Crippen LogP contribution >= 0.6 is 0 Å². The minimum Gasteiger partial charge on any atom is -0.283 e. The van der Waals surface area contributed by atoms with Crippen molar-refractivity contribution in [2.75, 3.05) is 0 Å². The van der Waals surface area contributed by atoms with Crippen LogP contribution in [-0.4, -0.2) is 6.36 Å². The molecule has 0 saturated heterocycles. The highest BCUT2D eigenvalue weighted by atomic mass is 19.4. The van der Waals surface area contributed by atoms with Crippen molar-refractivity contribution in [3.8, 4) is 0 Å². The maximum absolute atomic E-state index is 14.3. The van der Waals surface area contributed by atoms with Gasteiger partial charge in [0.1, 0.15) is 5.82 Å². The van der Waals surface area contributed by atoms with Gasteiger partial charge < -0.3 is 0 Å². The van der Waals surface area contributed by atoms with Gasteiger partial charge >= 0.3 is 6.36 Å². The molecule has 31 heavy (non-hydrogen) atoms. The van der Waals surface area contributed by atoms with Gasteiger partial charge in [-0.15, -0.1) is 13.2 Å². The maximum atomic E-state index is 14.3. The molecular formula is C26H36F4O. The maximum Gasteiger partial charge on any atom is 0.523 e. The summed E-state index contributed by atoms with van der Waals surface area (Å²) in [5.41, 5.74) is 0.824. The van der Waals surface area contributed by atoms with Crippen LogP contribution in [0.5, 0.6) is 0 Å². The number of hydrogen-bond acceptors (Lipinski definition) is 1. The van der Waals surface area contributed by atoms with Gasteiger partial charge in [-0.3, -0.25) is 4.74 Å². The Bertz CT molecular complexity index is 731. The largest absolute Gasteiger partial charge is 0.523 e. The summed E-state index contributed by atoms with van der Waals surface area (Å²) in [7, 11) is 0. The molecule has 0 aliphatic heterocycles. The van der Waals surface area contributed by atoms with Gasteiger partial charge in [-0.25, -0.2) is 4.39 Å². The number of alkyl halides is 3. The first-order valence-electron chi connectivity index (χ1n) is 12.4. The molecule has 2 fully saturated rings. The highest BCUT2D eigenvalue weighted by molar-refractivity contribution is 5.33. The zero-order valence-electron chi connectivity index (χ0n) is 18.6. The molecule has 6 atom stereocenters. The van der Waals surface area contributed by atoms with E-state index in [1.807, 2.05) is 0 Å². The van der Waals surface area contributed by atoms with E-state index in [9.17, 15) is 17.6 Å². The lowest BCUT2D eigenvalue weighted by atomic mass is 9.60. The van der Waals surface area contributed by atoms with Crippen LogP contribution in [0.3, 0.4) is 0 Å². The van der Waals surface area contributed by atoms with E-state index < -0.39 is 18.3 Å². The van der Waals surface area contributed by atoms with E-state index in [0.717, 1.165) is 31.1 Å². The number of unbranched alkanes of at least 4 members (excludes halogenated alkanes) is 2. The van der Waals surface area contributed by atoms with Crippen molar-refractivity contribution in [2.45, 2.75) is 96.4 Å². The molecule has 4 rings (SSSR count). The first-order valence-corrected chi connectivity index (χ1v) is 12.4. The zero-order chi connectivity index (χ0) is 22.0. The lowest BCUT2D eigenvalue weighted by Gasteiger charge is -2.46. The normalized spacial score (nSPS) is 33.6. The molecule has 1 nitrogen and oxygen atoms in total. The summed E-state index contributed by atoms with van der Waals surface area (Å²) < 4.78 is 58.8. The molecule has 3 aliphatic carbocycles. The molecule has 1 aromatic carbocycles. The summed E-state index contributed by atoms with van der Waals surface area (Å²) in [4.78, 5) is 0. The minimum absolute atomic E-state index is 0.181. The second kappa shape index (κ2) is 9.80. The van der Waals surface area contributed by atoms with Crippen molar-refractivity contribution < 1.29 is 22.3 Å². The summed E-state index contributed by atoms with van der Waals surface area (Å²) >= 11 is 0. The second-order valence-corrected chi connectivity index (χ2v) is 10.3. The predicted molar refractivity (Wildman–Crippen MR) is 114 cm³/mol. The van der Waals surface area contributed by atoms with Gasteiger partial charge in [-0.2, -0.15) is 0 Å². The van der Waals surface area contributed by atoms with Gasteiger partial charge in [-0.1, -0.05) is 51.2 Å². The van der Waals surface area contributed by atoms with Crippen LogP contribution in [0.25, 0.3) is 0 Å². The summed E-state index contributed by atoms with van der Waals surface area (Å²) in [6, 6.07) is 4.49. The lowest BCUT2D eigenvalue weighted by Crippen LogP contribution is -2.38. The molecule has 0 amide bonds. The molecule has 0 bridgehead atoms. The summed E-state index contributed by atoms with van der Waals surface area (Å²) in [5.74, 6) is 1.88. The number of ether oxygens (including phenoxy) is 1. The molecule has 1 aromatic rings. The number of fused-ring (bicyclic) bond motifs is 2. The van der Waals surface area contributed by atoms with E-state index in [-0.39, 0.29) is 11.8 Å². The Morgan fingerprint density at radius 1 is 0.935 bits per heavy atom. The third-order valence-electron chi connectivity index (χ3n) is 8.42. The van der Waals surface area contributed by atoms with Crippen LogP contribution in [-0.2, 0) is 11.2 Å². The van der Waals surface area contributed by atoms with Crippen molar-refractivity contribution in [3.63, 3.8) is 0 Å². The van der Waals surface area contributed by atoms with Crippen molar-refractivity contribution in [3.05, 3.63) is 35.1 Å². The quantitative estimate of drug-likeness (QED) is 0.319. The summed E-state index contributed by atoms with van der Waals surface area (Å²) in [6.45, 7) is 2.24. The fourth-order valence-corrected chi connectivity index (χ4v) is 6.93. The van der Waals surface area contributed by atoms with Gasteiger partial charge in [0.25, 0.3) is 0 Å². The van der Waals surface area contributed by atoms with Crippen LogP contribution in [0.2, 0.25) is 0 Å². The van der Waals surface area contributed by atoms with E-state index in [1.54, 1.807) is 6.07 Å². The van der Waals surface area contributed by atoms with Gasteiger partial charge in [0.05, 0.1) is 6.10 Å². The lowest BCUT2D eigenvalue weighted by molar-refractivity contribution is -0.354. The molecule has 0 spiro atoms. The second-order valence-electron chi connectivity index (χ2n) is 10.3. The van der Waals surface area contributed by atoms with Crippen LogP contribution < -0.4 is 0 Å². The number of benzene rings is 1. The molecule has 174 valence electrons. The topological polar surface area (TPSA) is 9.23 Å². The standard InChI is InChI=1S/C26H36F4O/c1-2-3-4-6-17-9-10-19-16-20(12-11-18(19)15-17)21-13-14-22-23(7-5-8-24(22)27)25(21)31-26(28,29)30/h5,7-8,17-21,25H,2-4,6,9-16H2,1H3. The van der Waals surface area contributed by atoms with Gasteiger partial charge in [0.15, 0.2) is 0 Å². The Morgan fingerprint density at radius 3 is 2.45 bits per heavy atom. The van der Waals surface area contributed by atoms with Crippen molar-refractivity contribution >= 4 is 0 Å². The predicted octanol–water partition coefficient (Wildman–Crippen LogP) is 8.38. The SMILES string of the molecule is CCCCCC1CCC2CC(C3CCc4c(F)cccc4C3OC(F)(F)F)CCC2C1. The number of hydrogen-bond donors (Lipinski definition) is 0. The monoisotopic (exact) mass is 440 g/mol.